The fourth-order valence-electron chi connectivity index (χ4n) is 2.86. The summed E-state index contributed by atoms with van der Waals surface area (Å²) in [4.78, 5) is 12.3. The van der Waals surface area contributed by atoms with E-state index in [1.165, 1.54) is 22.5 Å². The summed E-state index contributed by atoms with van der Waals surface area (Å²) in [6, 6.07) is 4.16. The van der Waals surface area contributed by atoms with Crippen LogP contribution in [-0.4, -0.2) is 51.5 Å². The number of nitrogens with zero attached hydrogens (tertiary/aromatic N) is 1. The van der Waals surface area contributed by atoms with Crippen molar-refractivity contribution in [2.45, 2.75) is 43.5 Å². The molecule has 25 heavy (non-hydrogen) atoms. The maximum absolute atomic E-state index is 13.0. The van der Waals surface area contributed by atoms with E-state index >= 15 is 0 Å². The van der Waals surface area contributed by atoms with Gasteiger partial charge in [0.25, 0.3) is 5.91 Å². The van der Waals surface area contributed by atoms with E-state index in [1.807, 2.05) is 6.92 Å². The normalized spacial score (nSPS) is 17.7. The van der Waals surface area contributed by atoms with Crippen LogP contribution in [0.2, 0.25) is 5.02 Å². The van der Waals surface area contributed by atoms with Crippen LogP contribution in [0.3, 0.4) is 0 Å². The van der Waals surface area contributed by atoms with Crippen molar-refractivity contribution < 1.29 is 17.9 Å². The summed E-state index contributed by atoms with van der Waals surface area (Å²) in [6.45, 7) is 3.16. The van der Waals surface area contributed by atoms with Crippen molar-refractivity contribution in [1.82, 2.24) is 9.62 Å². The van der Waals surface area contributed by atoms with E-state index in [1.54, 1.807) is 7.11 Å². The molecule has 1 aliphatic heterocycles. The Morgan fingerprint density at radius 1 is 1.28 bits per heavy atom. The van der Waals surface area contributed by atoms with E-state index in [4.69, 9.17) is 16.3 Å². The van der Waals surface area contributed by atoms with Crippen LogP contribution in [0.1, 0.15) is 43.0 Å². The lowest BCUT2D eigenvalue weighted by Gasteiger charge is -2.21. The minimum atomic E-state index is -3.71. The van der Waals surface area contributed by atoms with Crippen LogP contribution >= 0.6 is 11.6 Å². The Bertz CT molecular complexity index is 701. The van der Waals surface area contributed by atoms with E-state index < -0.39 is 10.0 Å². The molecule has 1 heterocycles. The average Bonchev–Trinajstić information content (AvgIpc) is 2.85. The van der Waals surface area contributed by atoms with Gasteiger partial charge in [0.15, 0.2) is 0 Å². The molecule has 0 aromatic heterocycles. The highest BCUT2D eigenvalue weighted by atomic mass is 35.5. The molecule has 1 amide bonds. The number of nitrogens with one attached hydrogen (secondary N) is 1. The molecule has 0 saturated carbocycles. The summed E-state index contributed by atoms with van der Waals surface area (Å²) >= 11 is 6.14. The number of rotatable bonds is 6. The second-order valence-corrected chi connectivity index (χ2v) is 8.61. The quantitative estimate of drug-likeness (QED) is 0.812. The molecule has 0 aliphatic carbocycles. The molecule has 2 rings (SSSR count). The van der Waals surface area contributed by atoms with Crippen molar-refractivity contribution in [1.29, 1.82) is 0 Å². The van der Waals surface area contributed by atoms with Gasteiger partial charge >= 0.3 is 0 Å². The highest BCUT2D eigenvalue weighted by Crippen LogP contribution is 2.27. The molecular weight excluding hydrogens is 364 g/mol. The number of benzene rings is 1. The first kappa shape index (κ1) is 20.2. The number of amides is 1. The molecule has 6 nitrogen and oxygen atoms in total. The Balaban J connectivity index is 2.27. The van der Waals surface area contributed by atoms with Gasteiger partial charge in [0.1, 0.15) is 4.90 Å². The van der Waals surface area contributed by atoms with Gasteiger partial charge in [-0.2, -0.15) is 4.31 Å². The Kier molecular flexibility index (Phi) is 7.25. The summed E-state index contributed by atoms with van der Waals surface area (Å²) < 4.78 is 32.4. The molecule has 0 spiro atoms. The van der Waals surface area contributed by atoms with E-state index in [2.05, 4.69) is 5.32 Å². The van der Waals surface area contributed by atoms with Crippen molar-refractivity contribution in [2.24, 2.45) is 0 Å². The van der Waals surface area contributed by atoms with Gasteiger partial charge in [0, 0.05) is 31.8 Å². The number of sulfonamides is 1. The molecule has 1 aromatic rings. The Hall–Kier alpha value is -1.15. The molecule has 140 valence electrons. The van der Waals surface area contributed by atoms with Gasteiger partial charge in [0.2, 0.25) is 10.0 Å². The lowest BCUT2D eigenvalue weighted by molar-refractivity contribution is 0.0905. The number of carbonyl (C=O) groups is 1. The van der Waals surface area contributed by atoms with E-state index in [0.29, 0.717) is 19.7 Å². The topological polar surface area (TPSA) is 75.7 Å². The fourth-order valence-corrected chi connectivity index (χ4v) is 4.88. The summed E-state index contributed by atoms with van der Waals surface area (Å²) in [5, 5.41) is 2.90. The molecule has 1 N–H and O–H groups in total. The number of hydrogen-bond donors (Lipinski definition) is 1. The lowest BCUT2D eigenvalue weighted by Crippen LogP contribution is -2.36. The second kappa shape index (κ2) is 8.98. The molecule has 1 fully saturated rings. The van der Waals surface area contributed by atoms with E-state index in [0.717, 1.165) is 25.7 Å². The number of hydrogen-bond acceptors (Lipinski definition) is 4. The minimum Gasteiger partial charge on any atom is -0.383 e. The third-order valence-corrected chi connectivity index (χ3v) is 6.55. The first-order chi connectivity index (χ1) is 11.9. The number of methoxy groups -OCH3 is 1. The van der Waals surface area contributed by atoms with Crippen molar-refractivity contribution in [2.75, 3.05) is 26.8 Å². The smallest absolute Gasteiger partial charge is 0.251 e. The van der Waals surface area contributed by atoms with Crippen LogP contribution in [0, 0.1) is 0 Å². The van der Waals surface area contributed by atoms with Gasteiger partial charge in [-0.25, -0.2) is 8.42 Å². The molecule has 0 unspecified atom stereocenters. The van der Waals surface area contributed by atoms with Crippen LogP contribution in [-0.2, 0) is 14.8 Å². The maximum atomic E-state index is 13.0. The van der Waals surface area contributed by atoms with Crippen molar-refractivity contribution in [3.63, 3.8) is 0 Å². The lowest BCUT2D eigenvalue weighted by atomic mass is 10.2. The zero-order valence-corrected chi connectivity index (χ0v) is 16.2. The SMILES string of the molecule is COC[C@H](C)NC(=O)c1ccc(Cl)c(S(=O)(=O)N2CCCCCC2)c1. The summed E-state index contributed by atoms with van der Waals surface area (Å²) in [5.74, 6) is -0.353. The Morgan fingerprint density at radius 2 is 1.92 bits per heavy atom. The third kappa shape index (κ3) is 5.17. The molecule has 1 aliphatic rings. The second-order valence-electron chi connectivity index (χ2n) is 6.29. The zero-order chi connectivity index (χ0) is 18.4. The third-order valence-electron chi connectivity index (χ3n) is 4.17. The number of halogens is 1. The summed E-state index contributed by atoms with van der Waals surface area (Å²) in [6.07, 6.45) is 3.73. The molecule has 1 saturated heterocycles. The monoisotopic (exact) mass is 388 g/mol. The average molecular weight is 389 g/mol. The van der Waals surface area contributed by atoms with Crippen LogP contribution < -0.4 is 5.32 Å². The standard InChI is InChI=1S/C17H25ClN2O4S/c1-13(12-24-2)19-17(21)14-7-8-15(18)16(11-14)25(22,23)20-9-5-3-4-6-10-20/h7-8,11,13H,3-6,9-10,12H2,1-2H3,(H,19,21)/t13-/m0/s1. The van der Waals surface area contributed by atoms with Crippen LogP contribution in [0.15, 0.2) is 23.1 Å². The highest BCUT2D eigenvalue weighted by Gasteiger charge is 2.28. The van der Waals surface area contributed by atoms with E-state index in [-0.39, 0.29) is 27.4 Å². The fraction of sp³-hybridized carbons (Fsp3) is 0.588. The van der Waals surface area contributed by atoms with Crippen molar-refractivity contribution >= 4 is 27.5 Å². The van der Waals surface area contributed by atoms with Gasteiger partial charge in [-0.15, -0.1) is 0 Å². The van der Waals surface area contributed by atoms with Gasteiger partial charge in [0.05, 0.1) is 11.6 Å². The predicted octanol–water partition coefficient (Wildman–Crippen LogP) is 2.67. The molecule has 1 atom stereocenters. The molecule has 0 radical (unpaired) electrons. The van der Waals surface area contributed by atoms with Crippen molar-refractivity contribution in [3.8, 4) is 0 Å². The molecule has 1 aromatic carbocycles. The van der Waals surface area contributed by atoms with Crippen LogP contribution in [0.4, 0.5) is 0 Å². The zero-order valence-electron chi connectivity index (χ0n) is 14.6. The Labute approximate surface area is 154 Å². The van der Waals surface area contributed by atoms with Crippen LogP contribution in [0.5, 0.6) is 0 Å². The Morgan fingerprint density at radius 3 is 2.52 bits per heavy atom. The van der Waals surface area contributed by atoms with Gasteiger partial charge in [-0.1, -0.05) is 24.4 Å². The first-order valence-corrected chi connectivity index (χ1v) is 10.3. The van der Waals surface area contributed by atoms with Gasteiger partial charge in [-0.05, 0) is 38.0 Å². The maximum Gasteiger partial charge on any atom is 0.251 e. The largest absolute Gasteiger partial charge is 0.383 e. The minimum absolute atomic E-state index is 0.0110. The summed E-state index contributed by atoms with van der Waals surface area (Å²) in [7, 11) is -2.16. The van der Waals surface area contributed by atoms with Crippen LogP contribution in [0.25, 0.3) is 0 Å². The van der Waals surface area contributed by atoms with Gasteiger partial charge in [-0.3, -0.25) is 4.79 Å². The summed E-state index contributed by atoms with van der Waals surface area (Å²) in [5.41, 5.74) is 0.265. The predicted molar refractivity (Wildman–Crippen MR) is 97.5 cm³/mol. The molecule has 0 bridgehead atoms. The highest BCUT2D eigenvalue weighted by molar-refractivity contribution is 7.89. The number of carbonyl (C=O) groups excluding carboxylic acids is 1. The van der Waals surface area contributed by atoms with Gasteiger partial charge < -0.3 is 10.1 Å². The van der Waals surface area contributed by atoms with E-state index in [9.17, 15) is 13.2 Å². The van der Waals surface area contributed by atoms with Crippen molar-refractivity contribution in [3.05, 3.63) is 28.8 Å². The number of ether oxygens (including phenoxy) is 1. The molecule has 8 heteroatoms. The first-order valence-electron chi connectivity index (χ1n) is 8.45. The molecular formula is C17H25ClN2O4S.